The summed E-state index contributed by atoms with van der Waals surface area (Å²) < 4.78 is 26.8. The Morgan fingerprint density at radius 2 is 1.67 bits per heavy atom. The van der Waals surface area contributed by atoms with Crippen molar-refractivity contribution < 1.29 is 13.2 Å². The smallest absolute Gasteiger partial charge is 0.227 e. The number of sulfonamides is 1. The lowest BCUT2D eigenvalue weighted by Gasteiger charge is -2.28. The number of benzene rings is 1. The van der Waals surface area contributed by atoms with E-state index in [2.05, 4.69) is 36.0 Å². The van der Waals surface area contributed by atoms with Crippen LogP contribution in [0.15, 0.2) is 18.2 Å². The van der Waals surface area contributed by atoms with Crippen LogP contribution in [0.1, 0.15) is 82.8 Å². The van der Waals surface area contributed by atoms with Crippen LogP contribution in [0.4, 0.5) is 5.69 Å². The van der Waals surface area contributed by atoms with Crippen molar-refractivity contribution in [3.63, 3.8) is 0 Å². The second-order valence-electron chi connectivity index (χ2n) is 8.63. The van der Waals surface area contributed by atoms with Crippen molar-refractivity contribution in [3.8, 4) is 0 Å². The van der Waals surface area contributed by atoms with Gasteiger partial charge < -0.3 is 5.32 Å². The normalized spacial score (nSPS) is 28.2. The van der Waals surface area contributed by atoms with Crippen LogP contribution in [0.3, 0.4) is 0 Å². The summed E-state index contributed by atoms with van der Waals surface area (Å²) in [7, 11) is -3.25. The van der Waals surface area contributed by atoms with E-state index in [1.165, 1.54) is 17.5 Å². The van der Waals surface area contributed by atoms with Crippen molar-refractivity contribution in [2.24, 2.45) is 5.92 Å². The zero-order valence-electron chi connectivity index (χ0n) is 16.8. The molecule has 1 fully saturated rings. The third-order valence-corrected chi connectivity index (χ3v) is 8.08. The third kappa shape index (κ3) is 4.54. The Balaban J connectivity index is 1.56. The van der Waals surface area contributed by atoms with Gasteiger partial charge >= 0.3 is 0 Å². The van der Waals surface area contributed by atoms with Gasteiger partial charge in [-0.15, -0.1) is 0 Å². The predicted octanol–water partition coefficient (Wildman–Crippen LogP) is 4.12. The van der Waals surface area contributed by atoms with Crippen LogP contribution in [0, 0.1) is 5.92 Å². The molecule has 1 aromatic carbocycles. The highest BCUT2D eigenvalue weighted by molar-refractivity contribution is 7.90. The van der Waals surface area contributed by atoms with E-state index in [1.807, 2.05) is 6.07 Å². The van der Waals surface area contributed by atoms with Gasteiger partial charge in [0, 0.05) is 17.6 Å². The lowest BCUT2D eigenvalue weighted by Crippen LogP contribution is -2.42. The maximum Gasteiger partial charge on any atom is 0.227 e. The summed E-state index contributed by atoms with van der Waals surface area (Å²) >= 11 is 0. The van der Waals surface area contributed by atoms with Gasteiger partial charge in [-0.2, -0.15) is 0 Å². The minimum atomic E-state index is -3.25. The molecule has 5 nitrogen and oxygen atoms in total. The number of rotatable bonds is 5. The lowest BCUT2D eigenvalue weighted by molar-refractivity contribution is -0.120. The molecular formula is C21H32N2O3S. The zero-order valence-corrected chi connectivity index (χ0v) is 17.6. The first kappa shape index (κ1) is 20.3. The van der Waals surface area contributed by atoms with E-state index >= 15 is 0 Å². The standard InChI is InChI=1S/C21H32N2O3S/c1-13(2)27(25,26)23-17-7-5-16(6-8-17)21(24)22-18-9-10-19-14(3)11-15(4)20(19)12-18/h9-10,12-17,23H,5-8,11H2,1-4H3,(H,22,24)/t14?,15?,16-,17-. The van der Waals surface area contributed by atoms with E-state index in [-0.39, 0.29) is 17.9 Å². The molecule has 1 saturated carbocycles. The first-order valence-electron chi connectivity index (χ1n) is 10.1. The lowest BCUT2D eigenvalue weighted by atomic mass is 9.86. The molecule has 0 aromatic heterocycles. The third-order valence-electron chi connectivity index (χ3n) is 6.17. The second-order valence-corrected chi connectivity index (χ2v) is 10.9. The molecule has 1 amide bonds. The number of carbonyl (C=O) groups excluding carboxylic acids is 1. The largest absolute Gasteiger partial charge is 0.326 e. The maximum atomic E-state index is 12.7. The summed E-state index contributed by atoms with van der Waals surface area (Å²) in [4.78, 5) is 12.7. The molecule has 3 rings (SSSR count). The number of hydrogen-bond donors (Lipinski definition) is 2. The van der Waals surface area contributed by atoms with Crippen LogP contribution in [0.2, 0.25) is 0 Å². The molecular weight excluding hydrogens is 360 g/mol. The first-order valence-corrected chi connectivity index (χ1v) is 11.7. The molecule has 2 aliphatic rings. The van der Waals surface area contributed by atoms with Gasteiger partial charge in [0.2, 0.25) is 15.9 Å². The van der Waals surface area contributed by atoms with Crippen molar-refractivity contribution in [1.82, 2.24) is 4.72 Å². The van der Waals surface area contributed by atoms with Crippen LogP contribution in [0.5, 0.6) is 0 Å². The van der Waals surface area contributed by atoms with Crippen molar-refractivity contribution in [1.29, 1.82) is 0 Å². The number of hydrogen-bond acceptors (Lipinski definition) is 3. The van der Waals surface area contributed by atoms with Crippen LogP contribution >= 0.6 is 0 Å². The van der Waals surface area contributed by atoms with E-state index in [4.69, 9.17) is 0 Å². The molecule has 0 bridgehead atoms. The summed E-state index contributed by atoms with van der Waals surface area (Å²) in [5.41, 5.74) is 3.63. The van der Waals surface area contributed by atoms with Gasteiger partial charge in [0.15, 0.2) is 0 Å². The average molecular weight is 393 g/mol. The van der Waals surface area contributed by atoms with Gasteiger partial charge in [-0.1, -0.05) is 19.9 Å². The SMILES string of the molecule is CC1CC(C)c2cc(NC(=O)[C@H]3CC[C@H](NS(=O)(=O)C(C)C)CC3)ccc21. The molecule has 0 saturated heterocycles. The van der Waals surface area contributed by atoms with Crippen molar-refractivity contribution >= 4 is 21.6 Å². The Bertz CT molecular complexity index is 796. The summed E-state index contributed by atoms with van der Waals surface area (Å²) in [5.74, 6) is 1.13. The zero-order chi connectivity index (χ0) is 19.8. The molecule has 1 aromatic rings. The molecule has 2 aliphatic carbocycles. The predicted molar refractivity (Wildman–Crippen MR) is 109 cm³/mol. The molecule has 27 heavy (non-hydrogen) atoms. The molecule has 0 spiro atoms. The van der Waals surface area contributed by atoms with Crippen LogP contribution < -0.4 is 10.0 Å². The summed E-state index contributed by atoms with van der Waals surface area (Å²) in [5, 5.41) is 2.65. The number of nitrogens with one attached hydrogen (secondary N) is 2. The monoisotopic (exact) mass is 392 g/mol. The van der Waals surface area contributed by atoms with Crippen molar-refractivity contribution in [3.05, 3.63) is 29.3 Å². The van der Waals surface area contributed by atoms with Gasteiger partial charge in [0.25, 0.3) is 0 Å². The van der Waals surface area contributed by atoms with E-state index in [9.17, 15) is 13.2 Å². The van der Waals surface area contributed by atoms with Crippen molar-refractivity contribution in [2.75, 3.05) is 5.32 Å². The van der Waals surface area contributed by atoms with E-state index in [0.29, 0.717) is 24.7 Å². The van der Waals surface area contributed by atoms with Gasteiger partial charge in [0.1, 0.15) is 0 Å². The van der Waals surface area contributed by atoms with Crippen LogP contribution in [0.25, 0.3) is 0 Å². The molecule has 2 atom stereocenters. The Hall–Kier alpha value is -1.40. The second kappa shape index (κ2) is 7.92. The topological polar surface area (TPSA) is 75.3 Å². The molecule has 2 N–H and O–H groups in total. The first-order chi connectivity index (χ1) is 12.7. The highest BCUT2D eigenvalue weighted by Crippen LogP contribution is 2.42. The summed E-state index contributed by atoms with van der Waals surface area (Å²) in [6, 6.07) is 6.23. The van der Waals surface area contributed by atoms with Gasteiger partial charge in [0.05, 0.1) is 5.25 Å². The van der Waals surface area contributed by atoms with E-state index < -0.39 is 15.3 Å². The van der Waals surface area contributed by atoms with Gasteiger partial charge in [-0.3, -0.25) is 4.79 Å². The Morgan fingerprint density at radius 1 is 1.04 bits per heavy atom. The fourth-order valence-corrected chi connectivity index (χ4v) is 5.37. The maximum absolute atomic E-state index is 12.7. The Kier molecular flexibility index (Phi) is 5.96. The molecule has 2 unspecified atom stereocenters. The Morgan fingerprint density at radius 3 is 2.30 bits per heavy atom. The molecule has 0 radical (unpaired) electrons. The quantitative estimate of drug-likeness (QED) is 0.791. The molecule has 150 valence electrons. The summed E-state index contributed by atoms with van der Waals surface area (Å²) in [6.07, 6.45) is 4.03. The van der Waals surface area contributed by atoms with Crippen LogP contribution in [-0.4, -0.2) is 25.6 Å². The number of carbonyl (C=O) groups is 1. The van der Waals surface area contributed by atoms with Gasteiger partial charge in [-0.25, -0.2) is 13.1 Å². The fourth-order valence-electron chi connectivity index (χ4n) is 4.40. The van der Waals surface area contributed by atoms with E-state index in [0.717, 1.165) is 18.5 Å². The minimum absolute atomic E-state index is 0.0468. The van der Waals surface area contributed by atoms with Crippen molar-refractivity contribution in [2.45, 2.75) is 82.9 Å². The number of fused-ring (bicyclic) bond motifs is 1. The highest BCUT2D eigenvalue weighted by Gasteiger charge is 2.30. The van der Waals surface area contributed by atoms with E-state index in [1.54, 1.807) is 13.8 Å². The molecule has 0 heterocycles. The molecule has 6 heteroatoms. The van der Waals surface area contributed by atoms with Gasteiger partial charge in [-0.05, 0) is 81.0 Å². The number of amides is 1. The fraction of sp³-hybridized carbons (Fsp3) is 0.667. The summed E-state index contributed by atoms with van der Waals surface area (Å²) in [6.45, 7) is 7.86. The van der Waals surface area contributed by atoms with Crippen LogP contribution in [-0.2, 0) is 14.8 Å². The highest BCUT2D eigenvalue weighted by atomic mass is 32.2. The molecule has 0 aliphatic heterocycles. The Labute approximate surface area is 163 Å². The minimum Gasteiger partial charge on any atom is -0.326 e. The number of anilines is 1. The average Bonchev–Trinajstić information content (AvgIpc) is 2.89.